The van der Waals surface area contributed by atoms with Crippen LogP contribution in [0.3, 0.4) is 0 Å². The number of nitrogens with one attached hydrogen (secondary N) is 2. The van der Waals surface area contributed by atoms with Gasteiger partial charge in [-0.2, -0.15) is 0 Å². The first-order chi connectivity index (χ1) is 7.27. The molecule has 1 aliphatic rings. The van der Waals surface area contributed by atoms with E-state index < -0.39 is 0 Å². The Labute approximate surface area is 92.4 Å². The molecule has 4 heteroatoms. The summed E-state index contributed by atoms with van der Waals surface area (Å²) >= 11 is 0. The Balaban J connectivity index is 2.15. The van der Waals surface area contributed by atoms with E-state index in [1.807, 2.05) is 0 Å². The predicted molar refractivity (Wildman–Crippen MR) is 61.8 cm³/mol. The first-order valence-corrected chi connectivity index (χ1v) is 5.92. The monoisotopic (exact) mass is 213 g/mol. The summed E-state index contributed by atoms with van der Waals surface area (Å²) in [4.78, 5) is 13.8. The highest BCUT2D eigenvalue weighted by atomic mass is 16.1. The lowest BCUT2D eigenvalue weighted by atomic mass is 9.96. The van der Waals surface area contributed by atoms with Gasteiger partial charge in [0.25, 0.3) is 0 Å². The molecule has 0 unspecified atom stereocenters. The van der Waals surface area contributed by atoms with Crippen LogP contribution in [-0.4, -0.2) is 50.6 Å². The number of amides is 1. The Morgan fingerprint density at radius 3 is 2.60 bits per heavy atom. The van der Waals surface area contributed by atoms with E-state index in [1.165, 1.54) is 0 Å². The highest BCUT2D eigenvalue weighted by molar-refractivity contribution is 5.78. The second-order valence-corrected chi connectivity index (χ2v) is 4.08. The van der Waals surface area contributed by atoms with Crippen molar-refractivity contribution in [2.75, 3.05) is 39.8 Å². The van der Waals surface area contributed by atoms with Crippen molar-refractivity contribution in [3.63, 3.8) is 0 Å². The summed E-state index contributed by atoms with van der Waals surface area (Å²) in [6.45, 7) is 7.44. The maximum Gasteiger partial charge on any atom is 0.222 e. The maximum atomic E-state index is 11.4. The number of rotatable bonds is 5. The summed E-state index contributed by atoms with van der Waals surface area (Å²) in [5, 5.41) is 6.05. The summed E-state index contributed by atoms with van der Waals surface area (Å²) in [5.74, 6) is 0.451. The van der Waals surface area contributed by atoms with E-state index >= 15 is 0 Å². The molecular weight excluding hydrogens is 190 g/mol. The molecule has 0 aromatic carbocycles. The van der Waals surface area contributed by atoms with Gasteiger partial charge in [0.15, 0.2) is 0 Å². The molecule has 2 N–H and O–H groups in total. The molecule has 0 radical (unpaired) electrons. The summed E-state index contributed by atoms with van der Waals surface area (Å²) in [6.07, 6.45) is 2.01. The van der Waals surface area contributed by atoms with Crippen molar-refractivity contribution in [1.29, 1.82) is 0 Å². The van der Waals surface area contributed by atoms with Gasteiger partial charge < -0.3 is 15.5 Å². The smallest absolute Gasteiger partial charge is 0.222 e. The molecule has 15 heavy (non-hydrogen) atoms. The van der Waals surface area contributed by atoms with E-state index in [4.69, 9.17) is 0 Å². The lowest BCUT2D eigenvalue weighted by Gasteiger charge is -2.30. The first kappa shape index (κ1) is 12.5. The first-order valence-electron chi connectivity index (χ1n) is 5.92. The average molecular weight is 213 g/mol. The van der Waals surface area contributed by atoms with Crippen molar-refractivity contribution >= 4 is 5.91 Å². The summed E-state index contributed by atoms with van der Waals surface area (Å²) in [5.41, 5.74) is 0. The van der Waals surface area contributed by atoms with Crippen molar-refractivity contribution in [2.45, 2.75) is 19.8 Å². The summed E-state index contributed by atoms with van der Waals surface area (Å²) in [6, 6.07) is 0. The van der Waals surface area contributed by atoms with Crippen LogP contribution < -0.4 is 10.6 Å². The Morgan fingerprint density at radius 2 is 2.07 bits per heavy atom. The van der Waals surface area contributed by atoms with Crippen molar-refractivity contribution < 1.29 is 4.79 Å². The fourth-order valence-electron chi connectivity index (χ4n) is 2.04. The molecule has 88 valence electrons. The van der Waals surface area contributed by atoms with Gasteiger partial charge in [-0.05, 0) is 32.5 Å². The van der Waals surface area contributed by atoms with E-state index in [9.17, 15) is 4.79 Å². The van der Waals surface area contributed by atoms with Crippen LogP contribution in [0.4, 0.5) is 0 Å². The lowest BCUT2D eigenvalue weighted by molar-refractivity contribution is -0.125. The highest BCUT2D eigenvalue weighted by Crippen LogP contribution is 2.16. The Morgan fingerprint density at radius 1 is 1.40 bits per heavy atom. The van der Waals surface area contributed by atoms with Crippen LogP contribution in [0.1, 0.15) is 19.8 Å². The molecule has 4 nitrogen and oxygen atoms in total. The van der Waals surface area contributed by atoms with Gasteiger partial charge in [-0.15, -0.1) is 0 Å². The van der Waals surface area contributed by atoms with Crippen molar-refractivity contribution in [2.24, 2.45) is 5.92 Å². The molecule has 1 saturated heterocycles. The third kappa shape index (κ3) is 4.18. The maximum absolute atomic E-state index is 11.4. The van der Waals surface area contributed by atoms with Gasteiger partial charge in [0, 0.05) is 26.1 Å². The molecule has 1 heterocycles. The number of nitrogens with zero attached hydrogens (tertiary/aromatic N) is 1. The minimum absolute atomic E-state index is 0.210. The molecule has 0 atom stereocenters. The highest BCUT2D eigenvalue weighted by Gasteiger charge is 2.23. The van der Waals surface area contributed by atoms with Crippen LogP contribution in [0, 0.1) is 5.92 Å². The third-order valence-corrected chi connectivity index (χ3v) is 3.06. The minimum atomic E-state index is 0.210. The Hall–Kier alpha value is -0.610. The molecule has 1 amide bonds. The van der Waals surface area contributed by atoms with Crippen LogP contribution in [-0.2, 0) is 4.79 Å². The van der Waals surface area contributed by atoms with Gasteiger partial charge in [-0.3, -0.25) is 4.79 Å². The van der Waals surface area contributed by atoms with Gasteiger partial charge in [-0.25, -0.2) is 0 Å². The number of carbonyl (C=O) groups excluding carboxylic acids is 1. The summed E-state index contributed by atoms with van der Waals surface area (Å²) < 4.78 is 0. The zero-order chi connectivity index (χ0) is 11.1. The SMILES string of the molecule is CCNCCN1CCC(C(=O)NC)CC1. The van der Waals surface area contributed by atoms with Crippen molar-refractivity contribution in [1.82, 2.24) is 15.5 Å². The van der Waals surface area contributed by atoms with E-state index in [2.05, 4.69) is 22.5 Å². The molecule has 1 aliphatic heterocycles. The molecule has 0 bridgehead atoms. The van der Waals surface area contributed by atoms with Gasteiger partial charge in [0.2, 0.25) is 5.91 Å². The molecule has 1 fully saturated rings. The summed E-state index contributed by atoms with van der Waals surface area (Å²) in [7, 11) is 1.72. The van der Waals surface area contributed by atoms with Crippen LogP contribution in [0.2, 0.25) is 0 Å². The Kier molecular flexibility index (Phi) is 5.65. The van der Waals surface area contributed by atoms with Crippen LogP contribution in [0.5, 0.6) is 0 Å². The van der Waals surface area contributed by atoms with E-state index in [0.29, 0.717) is 0 Å². The van der Waals surface area contributed by atoms with Crippen molar-refractivity contribution in [3.05, 3.63) is 0 Å². The number of likely N-dealkylation sites (tertiary alicyclic amines) is 1. The number of piperidine rings is 1. The van der Waals surface area contributed by atoms with Gasteiger partial charge in [0.05, 0.1) is 0 Å². The standard InChI is InChI=1S/C11H23N3O/c1-3-13-6-9-14-7-4-10(5-8-14)11(15)12-2/h10,13H,3-9H2,1-2H3,(H,12,15). The van der Waals surface area contributed by atoms with Gasteiger partial charge >= 0.3 is 0 Å². The molecule has 0 aliphatic carbocycles. The molecular formula is C11H23N3O. The molecule has 0 aromatic rings. The zero-order valence-corrected chi connectivity index (χ0v) is 9.88. The van der Waals surface area contributed by atoms with Gasteiger partial charge in [-0.1, -0.05) is 6.92 Å². The quantitative estimate of drug-likeness (QED) is 0.635. The van der Waals surface area contributed by atoms with Gasteiger partial charge in [0.1, 0.15) is 0 Å². The molecule has 1 rings (SSSR count). The van der Waals surface area contributed by atoms with E-state index in [0.717, 1.165) is 45.6 Å². The van der Waals surface area contributed by atoms with Crippen molar-refractivity contribution in [3.8, 4) is 0 Å². The topological polar surface area (TPSA) is 44.4 Å². The Bertz CT molecular complexity index is 188. The third-order valence-electron chi connectivity index (χ3n) is 3.06. The lowest BCUT2D eigenvalue weighted by Crippen LogP contribution is -2.41. The van der Waals surface area contributed by atoms with E-state index in [-0.39, 0.29) is 11.8 Å². The number of hydrogen-bond acceptors (Lipinski definition) is 3. The fourth-order valence-corrected chi connectivity index (χ4v) is 2.04. The normalized spacial score (nSPS) is 19.1. The van der Waals surface area contributed by atoms with Crippen LogP contribution in [0.15, 0.2) is 0 Å². The van der Waals surface area contributed by atoms with Crippen LogP contribution >= 0.6 is 0 Å². The molecule has 0 spiro atoms. The zero-order valence-electron chi connectivity index (χ0n) is 9.88. The second-order valence-electron chi connectivity index (χ2n) is 4.08. The van der Waals surface area contributed by atoms with Crippen LogP contribution in [0.25, 0.3) is 0 Å². The second kappa shape index (κ2) is 6.80. The number of carbonyl (C=O) groups is 1. The number of hydrogen-bond donors (Lipinski definition) is 2. The fraction of sp³-hybridized carbons (Fsp3) is 0.909. The average Bonchev–Trinajstić information content (AvgIpc) is 2.29. The molecule has 0 aromatic heterocycles. The largest absolute Gasteiger partial charge is 0.359 e. The molecule has 0 saturated carbocycles. The van der Waals surface area contributed by atoms with E-state index in [1.54, 1.807) is 7.05 Å². The minimum Gasteiger partial charge on any atom is -0.359 e. The number of likely N-dealkylation sites (N-methyl/N-ethyl adjacent to an activating group) is 1. The predicted octanol–water partition coefficient (Wildman–Crippen LogP) is 0.0539.